The van der Waals surface area contributed by atoms with E-state index in [2.05, 4.69) is 166 Å². The number of hydrogen-bond acceptors (Lipinski definition) is 0. The fourth-order valence-corrected chi connectivity index (χ4v) is 7.29. The Labute approximate surface area is 279 Å². The number of fused-ring (bicyclic) bond motifs is 4. The minimum atomic E-state index is -0.434. The van der Waals surface area contributed by atoms with Crippen LogP contribution in [0.15, 0.2) is 152 Å². The molecule has 2 aliphatic carbocycles. The monoisotopic (exact) mass is 612 g/mol. The van der Waals surface area contributed by atoms with E-state index in [4.69, 9.17) is 0 Å². The van der Waals surface area contributed by atoms with Gasteiger partial charge in [-0.1, -0.05) is 131 Å². The minimum Gasteiger partial charge on any atom is -0.361 e. The Hall–Kier alpha value is -5.34. The van der Waals surface area contributed by atoms with E-state index in [1.165, 1.54) is 38.8 Å². The predicted molar refractivity (Wildman–Crippen MR) is 206 cm³/mol. The van der Waals surface area contributed by atoms with E-state index in [0.717, 1.165) is 51.8 Å². The highest BCUT2D eigenvalue weighted by Gasteiger charge is 2.31. The number of nitrogens with zero attached hydrogens (tertiary/aromatic N) is 1. The van der Waals surface area contributed by atoms with Gasteiger partial charge in [0.05, 0.1) is 11.0 Å². The van der Waals surface area contributed by atoms with Gasteiger partial charge in [0.15, 0.2) is 0 Å². The number of H-pyrrole nitrogens is 1. The highest BCUT2D eigenvalue weighted by Crippen LogP contribution is 2.44. The molecule has 0 saturated carbocycles. The van der Waals surface area contributed by atoms with Crippen LogP contribution in [0, 0.1) is 13.8 Å². The number of allylic oxidation sites excluding steroid dienone is 12. The first-order valence-corrected chi connectivity index (χ1v) is 16.4. The third-order valence-corrected chi connectivity index (χ3v) is 9.62. The molecule has 4 aromatic rings. The molecule has 3 aromatic carbocycles. The summed E-state index contributed by atoms with van der Waals surface area (Å²) in [6.07, 6.45) is 23.2. The Morgan fingerprint density at radius 1 is 0.766 bits per heavy atom. The number of nitrogens with one attached hydrogen (secondary N) is 1. The van der Waals surface area contributed by atoms with Gasteiger partial charge in [0.1, 0.15) is 0 Å². The summed E-state index contributed by atoms with van der Waals surface area (Å²) >= 11 is 0. The van der Waals surface area contributed by atoms with Gasteiger partial charge >= 0.3 is 0 Å². The standard InChI is InChI=1S/C45H44N2/c1-8-33-21-16-22-36(33)43-31(4)29-30-46-39-25-18-27-40(32(39)5)47(41-26-13-11-12-20-35(41)10-3)42-28-17-23-37(43)44(42)45(6,7)38-24-15-14-19-34(38)9-2/h8-12,14-15,17-30,46H,1-3,13,16H2,4-7H3. The Balaban J connectivity index is 1.97. The van der Waals surface area contributed by atoms with Crippen LogP contribution in [0.3, 0.4) is 0 Å². The summed E-state index contributed by atoms with van der Waals surface area (Å²) in [6.45, 7) is 21.8. The summed E-state index contributed by atoms with van der Waals surface area (Å²) in [7, 11) is 0. The largest absolute Gasteiger partial charge is 0.361 e. The van der Waals surface area contributed by atoms with Gasteiger partial charge in [0, 0.05) is 22.8 Å². The van der Waals surface area contributed by atoms with Crippen molar-refractivity contribution in [3.8, 4) is 0 Å². The van der Waals surface area contributed by atoms with Crippen molar-refractivity contribution >= 4 is 39.3 Å². The molecule has 0 radical (unpaired) electrons. The summed E-state index contributed by atoms with van der Waals surface area (Å²) < 4.78 is 2.46. The normalized spacial score (nSPS) is 14.5. The number of aromatic amines is 1. The molecule has 6 rings (SSSR count). The molecule has 0 aliphatic heterocycles. The zero-order valence-corrected chi connectivity index (χ0v) is 28.1. The number of aromatic nitrogens is 2. The fraction of sp³-hybridized carbons (Fsp3) is 0.156. The van der Waals surface area contributed by atoms with Crippen molar-refractivity contribution < 1.29 is 0 Å². The number of rotatable bonds is 7. The van der Waals surface area contributed by atoms with Crippen LogP contribution in [0.25, 0.3) is 39.3 Å². The number of hydrogen-bond donors (Lipinski definition) is 1. The first-order chi connectivity index (χ1) is 22.8. The van der Waals surface area contributed by atoms with E-state index in [-0.39, 0.29) is 0 Å². The molecule has 1 N–H and O–H groups in total. The first-order valence-electron chi connectivity index (χ1n) is 16.4. The Bertz CT molecular complexity index is 2180. The number of aryl methyl sites for hydroxylation is 2. The van der Waals surface area contributed by atoms with Gasteiger partial charge in [-0.25, -0.2) is 0 Å². The average molecular weight is 613 g/mol. The molecule has 47 heavy (non-hydrogen) atoms. The van der Waals surface area contributed by atoms with Gasteiger partial charge in [-0.15, -0.1) is 0 Å². The van der Waals surface area contributed by atoms with Gasteiger partial charge in [-0.2, -0.15) is 0 Å². The van der Waals surface area contributed by atoms with Crippen molar-refractivity contribution in [1.82, 2.24) is 9.55 Å². The molecule has 0 amide bonds. The van der Waals surface area contributed by atoms with Crippen molar-refractivity contribution in [3.63, 3.8) is 0 Å². The molecule has 2 aliphatic rings. The molecule has 4 bridgehead atoms. The maximum Gasteiger partial charge on any atom is 0.0511 e. The van der Waals surface area contributed by atoms with E-state index in [1.54, 1.807) is 0 Å². The van der Waals surface area contributed by atoms with Crippen LogP contribution in [0.5, 0.6) is 0 Å². The summed E-state index contributed by atoms with van der Waals surface area (Å²) in [5.41, 5.74) is 14.6. The summed E-state index contributed by atoms with van der Waals surface area (Å²) in [5, 5.41) is 1.20. The van der Waals surface area contributed by atoms with E-state index >= 15 is 0 Å². The van der Waals surface area contributed by atoms with E-state index in [0.29, 0.717) is 0 Å². The summed E-state index contributed by atoms with van der Waals surface area (Å²) in [4.78, 5) is 3.62. The summed E-state index contributed by atoms with van der Waals surface area (Å²) in [6, 6.07) is 24.2. The van der Waals surface area contributed by atoms with Crippen LogP contribution in [0.2, 0.25) is 0 Å². The molecule has 0 fully saturated rings. The van der Waals surface area contributed by atoms with Gasteiger partial charge in [-0.3, -0.25) is 0 Å². The van der Waals surface area contributed by atoms with Crippen molar-refractivity contribution in [2.45, 2.75) is 46.0 Å². The van der Waals surface area contributed by atoms with Crippen LogP contribution in [-0.2, 0) is 5.41 Å². The third-order valence-electron chi connectivity index (χ3n) is 9.62. The zero-order valence-electron chi connectivity index (χ0n) is 28.1. The lowest BCUT2D eigenvalue weighted by molar-refractivity contribution is 0.648. The van der Waals surface area contributed by atoms with Gasteiger partial charge in [0.25, 0.3) is 0 Å². The van der Waals surface area contributed by atoms with E-state index < -0.39 is 5.41 Å². The van der Waals surface area contributed by atoms with Crippen LogP contribution >= 0.6 is 0 Å². The predicted octanol–water partition coefficient (Wildman–Crippen LogP) is 12.2. The molecule has 0 saturated heterocycles. The Kier molecular flexibility index (Phi) is 8.87. The SMILES string of the molecule is C=CC1=CCC=C1c1c(C)cc[nH]c2cccc(c2C)n(C2=CCC=CC=C2C=C)c2cccc1c2C(C)(C)c1ccccc1C=C. The smallest absolute Gasteiger partial charge is 0.0511 e. The van der Waals surface area contributed by atoms with Crippen molar-refractivity contribution in [1.29, 1.82) is 0 Å². The lowest BCUT2D eigenvalue weighted by Gasteiger charge is -2.32. The van der Waals surface area contributed by atoms with E-state index in [1.807, 2.05) is 18.2 Å². The quantitative estimate of drug-likeness (QED) is 0.214. The highest BCUT2D eigenvalue weighted by atomic mass is 15.0. The van der Waals surface area contributed by atoms with Crippen molar-refractivity contribution in [2.24, 2.45) is 0 Å². The second kappa shape index (κ2) is 13.2. The second-order valence-corrected chi connectivity index (χ2v) is 12.7. The minimum absolute atomic E-state index is 0.434. The Morgan fingerprint density at radius 2 is 1.53 bits per heavy atom. The second-order valence-electron chi connectivity index (χ2n) is 12.7. The Morgan fingerprint density at radius 3 is 2.32 bits per heavy atom. The average Bonchev–Trinajstić information content (AvgIpc) is 3.42. The fourth-order valence-electron chi connectivity index (χ4n) is 7.29. The maximum atomic E-state index is 4.26. The van der Waals surface area contributed by atoms with Gasteiger partial charge in [-0.05, 0) is 106 Å². The lowest BCUT2D eigenvalue weighted by Crippen LogP contribution is -2.23. The molecular weight excluding hydrogens is 569 g/mol. The third kappa shape index (κ3) is 5.66. The van der Waals surface area contributed by atoms with Crippen molar-refractivity contribution in [3.05, 3.63) is 186 Å². The molecule has 1 aromatic heterocycles. The number of benzene rings is 3. The maximum absolute atomic E-state index is 4.26. The van der Waals surface area contributed by atoms with Crippen LogP contribution in [0.4, 0.5) is 0 Å². The topological polar surface area (TPSA) is 20.7 Å². The zero-order chi connectivity index (χ0) is 33.1. The molecule has 2 nitrogen and oxygen atoms in total. The van der Waals surface area contributed by atoms with Crippen LogP contribution < -0.4 is 0 Å². The molecule has 234 valence electrons. The van der Waals surface area contributed by atoms with Gasteiger partial charge in [0.2, 0.25) is 0 Å². The molecule has 2 heteroatoms. The van der Waals surface area contributed by atoms with E-state index in [9.17, 15) is 0 Å². The lowest BCUT2D eigenvalue weighted by atomic mass is 9.73. The van der Waals surface area contributed by atoms with Crippen LogP contribution in [0.1, 0.15) is 60.1 Å². The highest BCUT2D eigenvalue weighted by molar-refractivity contribution is 5.98. The molecular formula is C45H44N2. The summed E-state index contributed by atoms with van der Waals surface area (Å²) in [5.74, 6) is 0. The molecule has 1 heterocycles. The molecule has 0 atom stereocenters. The molecule has 0 unspecified atom stereocenters. The first kappa shape index (κ1) is 31.6. The van der Waals surface area contributed by atoms with Gasteiger partial charge < -0.3 is 9.55 Å². The van der Waals surface area contributed by atoms with Crippen molar-refractivity contribution in [2.75, 3.05) is 0 Å². The molecule has 0 spiro atoms. The van der Waals surface area contributed by atoms with Crippen LogP contribution in [-0.4, -0.2) is 9.55 Å².